The van der Waals surface area contributed by atoms with E-state index < -0.39 is 35.3 Å². The summed E-state index contributed by atoms with van der Waals surface area (Å²) >= 11 is 0. The number of hydrogen-bond donors (Lipinski definition) is 5. The number of primary amides is 2. The predicted octanol–water partition coefficient (Wildman–Crippen LogP) is 6.97. The fourth-order valence-corrected chi connectivity index (χ4v) is 10.1. The van der Waals surface area contributed by atoms with Crippen LogP contribution in [0, 0.1) is 13.8 Å². The zero-order chi connectivity index (χ0) is 59.0. The largest absolute Gasteiger partial charge is 0.494 e. The molecule has 0 aliphatic carbocycles. The van der Waals surface area contributed by atoms with Crippen molar-refractivity contribution in [1.82, 2.24) is 43.6 Å². The van der Waals surface area contributed by atoms with E-state index in [0.717, 1.165) is 16.7 Å². The Bertz CT molecular complexity index is 3770. The molecule has 4 heterocycles. The van der Waals surface area contributed by atoms with Crippen LogP contribution in [0.4, 0.5) is 11.9 Å². The third-order valence-electron chi connectivity index (χ3n) is 14.1. The molecule has 0 bridgehead atoms. The molecule has 0 aliphatic heterocycles. The Labute approximate surface area is 478 Å². The number of nitrogens with zero attached hydrogens (tertiary/aromatic N) is 9. The van der Waals surface area contributed by atoms with Crippen molar-refractivity contribution in [3.63, 3.8) is 0 Å². The van der Waals surface area contributed by atoms with Crippen LogP contribution in [-0.2, 0) is 41.3 Å². The van der Waals surface area contributed by atoms with Gasteiger partial charge in [-0.15, -0.1) is 0 Å². The minimum atomic E-state index is -1.08. The molecule has 22 nitrogen and oxygen atoms in total. The van der Waals surface area contributed by atoms with Crippen LogP contribution >= 0.6 is 0 Å². The van der Waals surface area contributed by atoms with E-state index >= 15 is 0 Å². The zero-order valence-corrected chi connectivity index (χ0v) is 47.0. The van der Waals surface area contributed by atoms with E-state index in [2.05, 4.69) is 20.8 Å². The van der Waals surface area contributed by atoms with E-state index in [1.165, 1.54) is 36.3 Å². The number of hydrogen-bond acceptors (Lipinski definition) is 13. The molecule has 428 valence electrons. The highest BCUT2D eigenvalue weighted by molar-refractivity contribution is 6.05. The van der Waals surface area contributed by atoms with Crippen LogP contribution < -0.4 is 37.3 Å². The van der Waals surface area contributed by atoms with E-state index in [-0.39, 0.29) is 78.8 Å². The Balaban J connectivity index is 0.983. The van der Waals surface area contributed by atoms with Gasteiger partial charge in [0.2, 0.25) is 29.6 Å². The lowest BCUT2D eigenvalue weighted by Gasteiger charge is -2.37. The first-order valence-corrected chi connectivity index (χ1v) is 27.1. The number of carbonyl (C=O) groups excluding carboxylic acids is 5. The molecule has 1 atom stereocenters. The minimum Gasteiger partial charge on any atom is -0.494 e. The van der Waals surface area contributed by atoms with Gasteiger partial charge in [0, 0.05) is 50.9 Å². The Kier molecular flexibility index (Phi) is 17.6. The maximum absolute atomic E-state index is 14.1. The van der Waals surface area contributed by atoms with E-state index in [0.29, 0.717) is 58.8 Å². The molecular weight excluding hydrogens is 1060 g/mol. The molecular formula is C61H66N14O8. The number of fused-ring (bicyclic) bond motifs is 2. The maximum atomic E-state index is 14.1. The molecule has 22 heteroatoms. The number of ether oxygens (including phenoxy) is 3. The van der Waals surface area contributed by atoms with Gasteiger partial charge in [-0.1, -0.05) is 103 Å². The van der Waals surface area contributed by atoms with Crippen LogP contribution in [0.3, 0.4) is 0 Å². The summed E-state index contributed by atoms with van der Waals surface area (Å²) < 4.78 is 25.7. The van der Waals surface area contributed by atoms with Crippen LogP contribution in [0.25, 0.3) is 22.1 Å². The number of anilines is 2. The number of nitrogens with one attached hydrogen (secondary N) is 2. The Hall–Kier alpha value is -9.93. The number of rotatable bonds is 25. The first-order valence-electron chi connectivity index (χ1n) is 27.1. The monoisotopic (exact) mass is 1120 g/mol. The molecule has 0 saturated carbocycles. The van der Waals surface area contributed by atoms with E-state index in [9.17, 15) is 24.0 Å². The molecule has 0 unspecified atom stereocenters. The normalized spacial score (nSPS) is 12.0. The van der Waals surface area contributed by atoms with Crippen LogP contribution in [0.1, 0.15) is 90.0 Å². The quantitative estimate of drug-likeness (QED) is 0.0220. The van der Waals surface area contributed by atoms with Gasteiger partial charge >= 0.3 is 0 Å². The molecule has 9 rings (SSSR count). The molecule has 4 aromatic heterocycles. The lowest BCUT2D eigenvalue weighted by atomic mass is 9.80. The van der Waals surface area contributed by atoms with Crippen molar-refractivity contribution in [1.29, 1.82) is 0 Å². The summed E-state index contributed by atoms with van der Waals surface area (Å²) in [5.41, 5.74) is 23.5. The smallest absolute Gasteiger partial charge is 0.276 e. The fourth-order valence-electron chi connectivity index (χ4n) is 10.1. The molecule has 8 N–H and O–H groups in total. The summed E-state index contributed by atoms with van der Waals surface area (Å²) in [6, 6.07) is 37.9. The lowest BCUT2D eigenvalue weighted by molar-refractivity contribution is -0.134. The van der Waals surface area contributed by atoms with Gasteiger partial charge in [-0.05, 0) is 87.2 Å². The van der Waals surface area contributed by atoms with Gasteiger partial charge in [0.05, 0.1) is 42.7 Å². The minimum absolute atomic E-state index is 0.0671. The SMILES string of the molecule is CCn1nc(C)cc1C(=O)Nc1nc2cc(C(N)=O)cc(OC)c2n1C/C=C/Cn1c(NC(=O)c2cc(C)nn2CC)nc2cc(C(N)=O)cc(OCCCN(C)C(=O)[C@@H](N)COC(c3ccccc3)(c3ccccc3)c3ccccc3)c21. The molecule has 0 aliphatic rings. The second-order valence-electron chi connectivity index (χ2n) is 19.7. The number of carbonyl (C=O) groups is 5. The standard InChI is InChI=1S/C61H66N14O8/c1-7-74-48(31-38(3)69-74)56(78)67-59-65-46-33-40(54(63)76)35-50(81-6)52(46)72(59)28-18-19-29-73-53-47(66-60(73)68-57(79)49-32-39(4)70-75(49)8-2)34-41(55(64)77)36-51(53)82-30-20-27-71(5)58(80)45(62)37-83-61(42-21-12-9-13-22-42,43-23-14-10-15-24-43)44-25-16-11-17-26-44/h9-19,21-26,31-36,45H,7-8,20,27-30,37,62H2,1-6H3,(H2,63,76)(H2,64,77)(H,65,67,78)(H,66,68,79)/b19-18+/t45-/m0/s1. The second kappa shape index (κ2) is 25.2. The number of benzene rings is 5. The number of aryl methyl sites for hydroxylation is 4. The van der Waals surface area contributed by atoms with E-state index in [1.807, 2.05) is 117 Å². The molecule has 0 fully saturated rings. The van der Waals surface area contributed by atoms with E-state index in [1.54, 1.807) is 51.5 Å². The first-order chi connectivity index (χ1) is 40.0. The fraction of sp³-hybridized carbons (Fsp3) is 0.262. The van der Waals surface area contributed by atoms with Crippen molar-refractivity contribution in [2.24, 2.45) is 17.2 Å². The van der Waals surface area contributed by atoms with Crippen molar-refractivity contribution >= 4 is 63.5 Å². The van der Waals surface area contributed by atoms with Gasteiger partial charge in [-0.2, -0.15) is 10.2 Å². The van der Waals surface area contributed by atoms with Crippen molar-refractivity contribution in [2.75, 3.05) is 44.5 Å². The Morgan fingerprint density at radius 2 is 1.08 bits per heavy atom. The van der Waals surface area contributed by atoms with Crippen molar-refractivity contribution in [3.05, 3.63) is 190 Å². The average Bonchev–Trinajstić information content (AvgIpc) is 3.04. The summed E-state index contributed by atoms with van der Waals surface area (Å²) in [5, 5.41) is 14.7. The third-order valence-corrected chi connectivity index (χ3v) is 14.1. The van der Waals surface area contributed by atoms with Crippen molar-refractivity contribution < 1.29 is 38.2 Å². The summed E-state index contributed by atoms with van der Waals surface area (Å²) in [4.78, 5) is 78.3. The van der Waals surface area contributed by atoms with Crippen molar-refractivity contribution in [3.8, 4) is 11.5 Å². The summed E-state index contributed by atoms with van der Waals surface area (Å²) in [7, 11) is 3.11. The molecule has 83 heavy (non-hydrogen) atoms. The second-order valence-corrected chi connectivity index (χ2v) is 19.7. The summed E-state index contributed by atoms with van der Waals surface area (Å²) in [6.07, 6.45) is 3.97. The number of amides is 5. The number of nitrogens with two attached hydrogens (primary N) is 3. The summed E-state index contributed by atoms with van der Waals surface area (Å²) in [6.45, 7) is 8.59. The highest BCUT2D eigenvalue weighted by Gasteiger charge is 2.39. The molecule has 5 amide bonds. The van der Waals surface area contributed by atoms with Gasteiger partial charge in [0.25, 0.3) is 11.8 Å². The number of allylic oxidation sites excluding steroid dienone is 2. The highest BCUT2D eigenvalue weighted by Crippen LogP contribution is 2.41. The first kappa shape index (κ1) is 57.7. The van der Waals surface area contributed by atoms with Gasteiger partial charge in [0.15, 0.2) is 0 Å². The highest BCUT2D eigenvalue weighted by atomic mass is 16.5. The predicted molar refractivity (Wildman–Crippen MR) is 314 cm³/mol. The zero-order valence-electron chi connectivity index (χ0n) is 47.0. The van der Waals surface area contributed by atoms with Gasteiger partial charge in [-0.3, -0.25) is 44.0 Å². The summed E-state index contributed by atoms with van der Waals surface area (Å²) in [5.74, 6) is -1.95. The topological polar surface area (TPSA) is 290 Å². The lowest BCUT2D eigenvalue weighted by Crippen LogP contribution is -2.47. The number of imidazole rings is 2. The van der Waals surface area contributed by atoms with Crippen molar-refractivity contribution in [2.45, 2.75) is 71.9 Å². The molecule has 9 aromatic rings. The number of aromatic nitrogens is 8. The third kappa shape index (κ3) is 12.2. The average molecular weight is 1120 g/mol. The molecule has 0 radical (unpaired) electrons. The molecule has 0 spiro atoms. The number of methoxy groups -OCH3 is 1. The molecule has 5 aromatic carbocycles. The van der Waals surface area contributed by atoms with Gasteiger partial charge < -0.3 is 45.4 Å². The van der Waals surface area contributed by atoms with Crippen LogP contribution in [-0.4, -0.2) is 113 Å². The van der Waals surface area contributed by atoms with Gasteiger partial charge in [-0.25, -0.2) is 9.97 Å². The van der Waals surface area contributed by atoms with E-state index in [4.69, 9.17) is 41.4 Å². The Morgan fingerprint density at radius 3 is 1.51 bits per heavy atom. The van der Waals surface area contributed by atoms with Crippen LogP contribution in [0.5, 0.6) is 11.5 Å². The Morgan fingerprint density at radius 1 is 0.651 bits per heavy atom. The maximum Gasteiger partial charge on any atom is 0.276 e. The van der Waals surface area contributed by atoms with Crippen LogP contribution in [0.2, 0.25) is 0 Å². The van der Waals surface area contributed by atoms with Crippen LogP contribution in [0.15, 0.2) is 140 Å². The van der Waals surface area contributed by atoms with Gasteiger partial charge in [0.1, 0.15) is 45.6 Å². The number of likely N-dealkylation sites (N-methyl/N-ethyl adjacent to an activating group) is 1. The molecule has 0 saturated heterocycles.